The minimum Gasteiger partial charge on any atom is -0.359 e. The molecule has 0 aliphatic carbocycles. The smallest absolute Gasteiger partial charge is 0.250 e. The molecule has 3 aromatic heterocycles. The first-order chi connectivity index (χ1) is 15.9. The Kier molecular flexibility index (Phi) is 5.08. The van der Waals surface area contributed by atoms with E-state index in [2.05, 4.69) is 15.4 Å². The number of rotatable bonds is 4. The van der Waals surface area contributed by atoms with Crippen LogP contribution >= 0.6 is 0 Å². The molecule has 0 fully saturated rings. The van der Waals surface area contributed by atoms with E-state index in [0.717, 1.165) is 5.56 Å². The third-order valence-corrected chi connectivity index (χ3v) is 5.50. The van der Waals surface area contributed by atoms with Crippen LogP contribution in [-0.4, -0.2) is 29.2 Å². The fourth-order valence-corrected chi connectivity index (χ4v) is 3.86. The molecule has 0 saturated carbocycles. The van der Waals surface area contributed by atoms with Crippen LogP contribution < -0.4 is 16.6 Å². The molecular weight excluding hydrogens is 425 g/mol. The van der Waals surface area contributed by atoms with Crippen LogP contribution in [0.15, 0.2) is 71.8 Å². The molecule has 5 rings (SSSR count). The molecule has 0 spiro atoms. The van der Waals surface area contributed by atoms with Crippen LogP contribution in [0.3, 0.4) is 0 Å². The van der Waals surface area contributed by atoms with Gasteiger partial charge in [-0.25, -0.2) is 9.37 Å². The largest absolute Gasteiger partial charge is 0.359 e. The van der Waals surface area contributed by atoms with Gasteiger partial charge in [0.15, 0.2) is 0 Å². The molecule has 1 atom stereocenters. The van der Waals surface area contributed by atoms with Gasteiger partial charge < -0.3 is 9.67 Å². The molecule has 4 heterocycles. The van der Waals surface area contributed by atoms with Crippen LogP contribution in [-0.2, 0) is 13.6 Å². The lowest BCUT2D eigenvalue weighted by molar-refractivity contribution is -0.0283. The molecule has 0 saturated heterocycles. The normalized spacial score (nSPS) is 15.3. The number of aryl methyl sites for hydroxylation is 1. The van der Waals surface area contributed by atoms with Crippen molar-refractivity contribution in [3.8, 4) is 22.4 Å². The van der Waals surface area contributed by atoms with E-state index < -0.39 is 12.2 Å². The zero-order chi connectivity index (χ0) is 23.1. The number of nitrogens with one attached hydrogen (secondary N) is 2. The van der Waals surface area contributed by atoms with Crippen LogP contribution in [0.1, 0.15) is 12.0 Å². The van der Waals surface area contributed by atoms with Gasteiger partial charge in [0.25, 0.3) is 0 Å². The molecule has 3 N–H and O–H groups in total. The second kappa shape index (κ2) is 8.08. The number of pyridine rings is 2. The lowest BCUT2D eigenvalue weighted by Crippen LogP contribution is -2.33. The maximum absolute atomic E-state index is 14.2. The van der Waals surface area contributed by atoms with E-state index in [1.54, 1.807) is 19.3 Å². The molecule has 33 heavy (non-hydrogen) atoms. The van der Waals surface area contributed by atoms with Gasteiger partial charge in [0, 0.05) is 36.6 Å². The Morgan fingerprint density at radius 3 is 2.64 bits per heavy atom. The number of hydrogen-bond donors (Lipinski definition) is 3. The Balaban J connectivity index is 1.70. The SMILES string of the molecule is Cn1cc(-c2c(-c3ccccc3)nc(=N)n3c2NN(Cc2ncccc2F)C3O)ccc1=O. The number of nitrogens with zero attached hydrogens (tertiary/aromatic N) is 5. The third kappa shape index (κ3) is 3.60. The van der Waals surface area contributed by atoms with Gasteiger partial charge in [0.05, 0.1) is 23.5 Å². The number of fused-ring (bicyclic) bond motifs is 1. The highest BCUT2D eigenvalue weighted by Gasteiger charge is 2.33. The third-order valence-electron chi connectivity index (χ3n) is 5.50. The minimum atomic E-state index is -1.32. The summed E-state index contributed by atoms with van der Waals surface area (Å²) >= 11 is 0. The molecule has 9 nitrogen and oxygen atoms in total. The monoisotopic (exact) mass is 445 g/mol. The fraction of sp³-hybridized carbons (Fsp3) is 0.130. The van der Waals surface area contributed by atoms with E-state index >= 15 is 0 Å². The van der Waals surface area contributed by atoms with E-state index in [1.807, 2.05) is 30.3 Å². The van der Waals surface area contributed by atoms with E-state index in [-0.39, 0.29) is 23.4 Å². The van der Waals surface area contributed by atoms with Gasteiger partial charge in [-0.3, -0.25) is 25.2 Å². The first-order valence-electron chi connectivity index (χ1n) is 10.2. The fourth-order valence-electron chi connectivity index (χ4n) is 3.86. The zero-order valence-electron chi connectivity index (χ0n) is 17.6. The lowest BCUT2D eigenvalue weighted by atomic mass is 10.0. The summed E-state index contributed by atoms with van der Waals surface area (Å²) in [6.45, 7) is -0.0532. The second-order valence-corrected chi connectivity index (χ2v) is 7.63. The van der Waals surface area contributed by atoms with Crippen LogP contribution in [0, 0.1) is 11.2 Å². The minimum absolute atomic E-state index is 0.0532. The highest BCUT2D eigenvalue weighted by molar-refractivity contribution is 5.88. The highest BCUT2D eigenvalue weighted by Crippen LogP contribution is 2.39. The molecule has 10 heteroatoms. The number of aliphatic hydroxyl groups is 1. The maximum atomic E-state index is 14.2. The summed E-state index contributed by atoms with van der Waals surface area (Å²) < 4.78 is 17.0. The Hall–Kier alpha value is -4.15. The van der Waals surface area contributed by atoms with Crippen molar-refractivity contribution in [2.24, 2.45) is 7.05 Å². The first kappa shape index (κ1) is 20.7. The quantitative estimate of drug-likeness (QED) is 0.444. The number of anilines is 1. The van der Waals surface area contributed by atoms with Gasteiger partial charge in [-0.05, 0) is 18.2 Å². The van der Waals surface area contributed by atoms with Crippen molar-refractivity contribution in [1.29, 1.82) is 5.41 Å². The second-order valence-electron chi connectivity index (χ2n) is 7.63. The lowest BCUT2D eigenvalue weighted by Gasteiger charge is -2.19. The predicted octanol–water partition coefficient (Wildman–Crippen LogP) is 2.22. The summed E-state index contributed by atoms with van der Waals surface area (Å²) in [7, 11) is 1.64. The number of hydrazine groups is 1. The van der Waals surface area contributed by atoms with Crippen molar-refractivity contribution in [3.63, 3.8) is 0 Å². The van der Waals surface area contributed by atoms with Gasteiger partial charge in [-0.1, -0.05) is 30.3 Å². The van der Waals surface area contributed by atoms with Crippen molar-refractivity contribution in [2.75, 3.05) is 5.43 Å². The van der Waals surface area contributed by atoms with Crippen LogP contribution in [0.2, 0.25) is 0 Å². The number of aromatic nitrogens is 4. The van der Waals surface area contributed by atoms with Crippen molar-refractivity contribution >= 4 is 5.82 Å². The van der Waals surface area contributed by atoms with Gasteiger partial charge in [0.2, 0.25) is 17.5 Å². The molecule has 0 bridgehead atoms. The van der Waals surface area contributed by atoms with Gasteiger partial charge in [0.1, 0.15) is 11.6 Å². The molecule has 1 unspecified atom stereocenters. The van der Waals surface area contributed by atoms with Crippen LogP contribution in [0.4, 0.5) is 10.2 Å². The summed E-state index contributed by atoms with van der Waals surface area (Å²) in [6, 6.07) is 15.3. The van der Waals surface area contributed by atoms with Gasteiger partial charge in [-0.2, -0.15) is 5.01 Å². The molecule has 1 aromatic carbocycles. The summed E-state index contributed by atoms with van der Waals surface area (Å²) in [5.74, 6) is -0.101. The maximum Gasteiger partial charge on any atom is 0.250 e. The number of halogens is 1. The molecule has 4 aromatic rings. The van der Waals surface area contributed by atoms with Crippen molar-refractivity contribution in [1.82, 2.24) is 24.1 Å². The highest BCUT2D eigenvalue weighted by atomic mass is 19.1. The zero-order valence-corrected chi connectivity index (χ0v) is 17.6. The Morgan fingerprint density at radius 1 is 1.12 bits per heavy atom. The predicted molar refractivity (Wildman–Crippen MR) is 119 cm³/mol. The molecular formula is C23H20FN7O2. The molecule has 0 amide bonds. The van der Waals surface area contributed by atoms with Crippen molar-refractivity contribution < 1.29 is 9.50 Å². The summed E-state index contributed by atoms with van der Waals surface area (Å²) in [5, 5.41) is 20.8. The van der Waals surface area contributed by atoms with Crippen molar-refractivity contribution in [3.05, 3.63) is 94.5 Å². The van der Waals surface area contributed by atoms with E-state index in [0.29, 0.717) is 22.6 Å². The number of benzene rings is 1. The van der Waals surface area contributed by atoms with Gasteiger partial charge in [-0.15, -0.1) is 0 Å². The first-order valence-corrected chi connectivity index (χ1v) is 10.2. The average Bonchev–Trinajstić information content (AvgIpc) is 3.14. The topological polar surface area (TPSA) is 112 Å². The van der Waals surface area contributed by atoms with E-state index in [9.17, 15) is 14.3 Å². The Labute approximate surface area is 187 Å². The standard InChI is InChI=1S/C23H20FN7O2/c1-29-12-15(9-10-18(29)32)19-20(14-6-3-2-4-7-14)27-22(25)31-21(19)28-30(23(31)33)13-17-16(24)8-5-11-26-17/h2-12,23,25,28,33H,13H2,1H3. The molecule has 1 aliphatic rings. The average molecular weight is 445 g/mol. The number of hydrogen-bond acceptors (Lipinski definition) is 7. The van der Waals surface area contributed by atoms with Gasteiger partial charge >= 0.3 is 0 Å². The van der Waals surface area contributed by atoms with Crippen LogP contribution in [0.25, 0.3) is 22.4 Å². The van der Waals surface area contributed by atoms with E-state index in [4.69, 9.17) is 5.41 Å². The molecule has 0 radical (unpaired) electrons. The summed E-state index contributed by atoms with van der Waals surface area (Å²) in [6.07, 6.45) is 1.82. The number of aliphatic hydroxyl groups excluding tert-OH is 1. The van der Waals surface area contributed by atoms with Crippen LogP contribution in [0.5, 0.6) is 0 Å². The van der Waals surface area contributed by atoms with E-state index in [1.165, 1.54) is 38.5 Å². The summed E-state index contributed by atoms with van der Waals surface area (Å²) in [5.41, 5.74) is 5.43. The summed E-state index contributed by atoms with van der Waals surface area (Å²) in [4.78, 5) is 20.5. The Morgan fingerprint density at radius 2 is 1.91 bits per heavy atom. The Bertz CT molecular complexity index is 1470. The molecule has 166 valence electrons. The van der Waals surface area contributed by atoms with Crippen molar-refractivity contribution in [2.45, 2.75) is 12.9 Å². The molecule has 1 aliphatic heterocycles.